The van der Waals surface area contributed by atoms with Gasteiger partial charge in [-0.1, -0.05) is 28.1 Å². The zero-order valence-corrected chi connectivity index (χ0v) is 24.7. The second-order valence-electron chi connectivity index (χ2n) is 9.46. The Balaban J connectivity index is 1.38. The maximum atomic E-state index is 13.3. The monoisotopic (exact) mass is 650 g/mol. The summed E-state index contributed by atoms with van der Waals surface area (Å²) in [7, 11) is 0. The van der Waals surface area contributed by atoms with Gasteiger partial charge in [-0.2, -0.15) is 4.57 Å². The lowest BCUT2D eigenvalue weighted by atomic mass is 10.0. The number of hydrogen-bond acceptors (Lipinski definition) is 11. The van der Waals surface area contributed by atoms with Gasteiger partial charge in [0.05, 0.1) is 6.61 Å². The molecule has 0 spiro atoms. The number of nitrogens with two attached hydrogens (primary N) is 1. The molecule has 0 bridgehead atoms. The summed E-state index contributed by atoms with van der Waals surface area (Å²) < 4.78 is 3.75. The highest BCUT2D eigenvalue weighted by molar-refractivity contribution is 8.00. The van der Waals surface area contributed by atoms with Gasteiger partial charge in [0.1, 0.15) is 32.7 Å². The molecule has 0 unspecified atom stereocenters. The van der Waals surface area contributed by atoms with Crippen molar-refractivity contribution in [2.24, 2.45) is 5.16 Å². The lowest BCUT2D eigenvalue weighted by Gasteiger charge is -2.49. The van der Waals surface area contributed by atoms with Gasteiger partial charge < -0.3 is 35.8 Å². The molecule has 3 atom stereocenters. The summed E-state index contributed by atoms with van der Waals surface area (Å²) in [6, 6.07) is 4.46. The van der Waals surface area contributed by atoms with E-state index in [0.29, 0.717) is 12.1 Å². The number of thiazole rings is 1. The van der Waals surface area contributed by atoms with E-state index in [0.717, 1.165) is 27.3 Å². The van der Waals surface area contributed by atoms with Crippen LogP contribution in [0.4, 0.5) is 5.13 Å². The highest BCUT2D eigenvalue weighted by atomic mass is 35.5. The molecule has 5 heterocycles. The van der Waals surface area contributed by atoms with Crippen LogP contribution < -0.4 is 15.6 Å². The fourth-order valence-corrected chi connectivity index (χ4v) is 6.97. The van der Waals surface area contributed by atoms with Crippen LogP contribution in [0.5, 0.6) is 0 Å². The molecule has 226 valence electrons. The highest BCUT2D eigenvalue weighted by Gasteiger charge is 2.55. The third-order valence-corrected chi connectivity index (χ3v) is 9.17. The number of hydrogen-bond donors (Lipinski definition) is 5. The lowest BCUT2D eigenvalue weighted by Crippen LogP contribution is -2.71. The van der Waals surface area contributed by atoms with Crippen molar-refractivity contribution < 1.29 is 43.9 Å². The van der Waals surface area contributed by atoms with Crippen LogP contribution in [0.1, 0.15) is 12.6 Å². The van der Waals surface area contributed by atoms with Crippen LogP contribution in [0, 0.1) is 0 Å². The number of nitrogens with one attached hydrogen (secondary N) is 1. The maximum Gasteiger partial charge on any atom is 0.352 e. The first-order chi connectivity index (χ1) is 20.5. The third-order valence-electron chi connectivity index (χ3n) is 6.74. The van der Waals surface area contributed by atoms with Gasteiger partial charge in [-0.15, -0.1) is 11.8 Å². The number of aliphatic carboxylic acids is 2. The number of β-lactam (4-membered cyclic amide) rings is 1. The number of oxime groups is 1. The van der Waals surface area contributed by atoms with Crippen molar-refractivity contribution in [3.05, 3.63) is 51.9 Å². The molecule has 0 radical (unpaired) electrons. The molecule has 2 amide bonds. The van der Waals surface area contributed by atoms with E-state index in [1.54, 1.807) is 6.20 Å². The Kier molecular flexibility index (Phi) is 8.59. The number of aliphatic hydroxyl groups excluding tert-OH is 1. The number of anilines is 1. The molecule has 0 aliphatic carbocycles. The average Bonchev–Trinajstić information content (AvgIpc) is 3.53. The first kappa shape index (κ1) is 30.3. The second-order valence-corrected chi connectivity index (χ2v) is 12.2. The minimum atomic E-state index is -1.41. The van der Waals surface area contributed by atoms with Gasteiger partial charge in [0, 0.05) is 36.2 Å². The average molecular weight is 651 g/mol. The van der Waals surface area contributed by atoms with Gasteiger partial charge >= 0.3 is 11.9 Å². The van der Waals surface area contributed by atoms with E-state index < -0.39 is 47.0 Å². The Bertz CT molecular complexity index is 1700. The van der Waals surface area contributed by atoms with E-state index in [4.69, 9.17) is 27.3 Å². The summed E-state index contributed by atoms with van der Waals surface area (Å²) in [4.78, 5) is 60.2. The lowest BCUT2D eigenvalue weighted by molar-refractivity contribution is -0.663. The molecule has 3 aromatic rings. The van der Waals surface area contributed by atoms with E-state index in [9.17, 15) is 29.4 Å². The van der Waals surface area contributed by atoms with Crippen LogP contribution in [0.15, 0.2) is 47.0 Å². The molecule has 6 N–H and O–H groups in total. The molecule has 0 aromatic carbocycles. The minimum Gasteiger partial charge on any atom is -0.478 e. The fourth-order valence-electron chi connectivity index (χ4n) is 4.71. The predicted octanol–water partition coefficient (Wildman–Crippen LogP) is 0.246. The van der Waals surface area contributed by atoms with Crippen molar-refractivity contribution in [2.75, 3.05) is 18.1 Å². The van der Waals surface area contributed by atoms with Crippen molar-refractivity contribution in [1.82, 2.24) is 19.8 Å². The number of pyridine rings is 1. The number of nitrogen functional groups attached to an aromatic ring is 1. The Morgan fingerprint density at radius 2 is 2.12 bits per heavy atom. The van der Waals surface area contributed by atoms with Gasteiger partial charge in [-0.05, 0) is 13.0 Å². The second kappa shape index (κ2) is 12.2. The fraction of sp³-hybridized carbons (Fsp3) is 0.320. The summed E-state index contributed by atoms with van der Waals surface area (Å²) in [5.74, 6) is -3.95. The molecular weight excluding hydrogens is 626 g/mol. The standard InChI is InChI=1S/C25H24ClN7O8S2/c1-11(23(37)38)41-30-16(15-19(26)43-25(27)29-15)20(35)28-17-21(36)33-18(24(39)40)12(10-42-22(17)33)9-32-5-2-3-13-14(32)4-6-31(13)7-8-34/h2-6,11,17,22,34H,7-10H2,1H3,(H4-,27,28,29,35,37,38,39,40)/p+1/b30-16-/t11-,17+,22+/m0/s1. The third kappa shape index (κ3) is 5.75. The topological polar surface area (TPSA) is 214 Å². The number of carboxylic acids is 2. The van der Waals surface area contributed by atoms with Crippen LogP contribution in [0.25, 0.3) is 11.0 Å². The SMILES string of the molecule is C[C@H](O/N=C(\C(=O)N[C@@H]1C(=O)N2C(C(=O)O)=C(C[n+]3cccc4c3ccn4CCO)CS[C@H]12)c1nc(N)sc1Cl)C(=O)O. The zero-order valence-electron chi connectivity index (χ0n) is 22.3. The van der Waals surface area contributed by atoms with Gasteiger partial charge in [-0.3, -0.25) is 14.5 Å². The van der Waals surface area contributed by atoms with Crippen molar-refractivity contribution in [3.8, 4) is 0 Å². The smallest absolute Gasteiger partial charge is 0.352 e. The van der Waals surface area contributed by atoms with Crippen LogP contribution >= 0.6 is 34.7 Å². The van der Waals surface area contributed by atoms with Gasteiger partial charge in [0.25, 0.3) is 11.8 Å². The first-order valence-corrected chi connectivity index (χ1v) is 14.9. The molecular formula is C25H25ClN7O8S2+. The number of rotatable bonds is 11. The molecule has 5 rings (SSSR count). The largest absolute Gasteiger partial charge is 0.478 e. The highest BCUT2D eigenvalue weighted by Crippen LogP contribution is 2.40. The van der Waals surface area contributed by atoms with Gasteiger partial charge in [0.2, 0.25) is 11.6 Å². The Morgan fingerprint density at radius 1 is 1.35 bits per heavy atom. The summed E-state index contributed by atoms with van der Waals surface area (Å²) in [6.45, 7) is 1.77. The summed E-state index contributed by atoms with van der Waals surface area (Å²) in [5, 5.41) is 34.0. The van der Waals surface area contributed by atoms with E-state index in [1.165, 1.54) is 18.7 Å². The van der Waals surface area contributed by atoms with Crippen molar-refractivity contribution in [1.29, 1.82) is 0 Å². The number of carbonyl (C=O) groups is 4. The van der Waals surface area contributed by atoms with Crippen LogP contribution in [-0.2, 0) is 37.1 Å². The van der Waals surface area contributed by atoms with Gasteiger partial charge in [0.15, 0.2) is 23.6 Å². The first-order valence-electron chi connectivity index (χ1n) is 12.7. The molecule has 18 heteroatoms. The molecule has 43 heavy (non-hydrogen) atoms. The minimum absolute atomic E-state index is 0.00783. The van der Waals surface area contributed by atoms with Crippen molar-refractivity contribution in [2.45, 2.75) is 37.5 Å². The summed E-state index contributed by atoms with van der Waals surface area (Å²) in [6.07, 6.45) is 2.23. The zero-order chi connectivity index (χ0) is 31.0. The molecule has 15 nitrogen and oxygen atoms in total. The number of carbonyl (C=O) groups excluding carboxylic acids is 2. The normalized spacial score (nSPS) is 19.2. The number of amides is 2. The van der Waals surface area contributed by atoms with Crippen LogP contribution in [0.3, 0.4) is 0 Å². The number of nitrogens with zero attached hydrogens (tertiary/aromatic N) is 5. The number of aromatic nitrogens is 3. The molecule has 3 aromatic heterocycles. The van der Waals surface area contributed by atoms with E-state index in [-0.39, 0.29) is 39.8 Å². The van der Waals surface area contributed by atoms with E-state index in [2.05, 4.69) is 15.5 Å². The van der Waals surface area contributed by atoms with Crippen molar-refractivity contribution >= 4 is 80.3 Å². The molecule has 1 fully saturated rings. The van der Waals surface area contributed by atoms with Crippen LogP contribution in [-0.4, -0.2) is 89.1 Å². The summed E-state index contributed by atoms with van der Waals surface area (Å²) >= 11 is 8.29. The predicted molar refractivity (Wildman–Crippen MR) is 155 cm³/mol. The molecule has 2 aliphatic rings. The number of carboxylic acid groups (broad SMARTS) is 2. The Hall–Kier alpha value is -4.19. The quantitative estimate of drug-likeness (QED) is 0.0820. The molecule has 0 saturated carbocycles. The number of halogens is 1. The van der Waals surface area contributed by atoms with E-state index >= 15 is 0 Å². The molecule has 2 aliphatic heterocycles. The molecule has 1 saturated heterocycles. The number of fused-ring (bicyclic) bond motifs is 2. The van der Waals surface area contributed by atoms with E-state index in [1.807, 2.05) is 33.5 Å². The number of aliphatic hydroxyl groups is 1. The van der Waals surface area contributed by atoms with Gasteiger partial charge in [-0.25, -0.2) is 14.6 Å². The number of thioether (sulfide) groups is 1. The maximum absolute atomic E-state index is 13.3. The van der Waals surface area contributed by atoms with Crippen molar-refractivity contribution in [3.63, 3.8) is 0 Å². The summed E-state index contributed by atoms with van der Waals surface area (Å²) in [5.41, 5.74) is 7.06. The Labute approximate surface area is 256 Å². The van der Waals surface area contributed by atoms with Crippen LogP contribution in [0.2, 0.25) is 4.34 Å². The Morgan fingerprint density at radius 3 is 2.77 bits per heavy atom.